The van der Waals surface area contributed by atoms with Gasteiger partial charge in [-0.15, -0.1) is 21.5 Å². The highest BCUT2D eigenvalue weighted by Gasteiger charge is 2.13. The lowest BCUT2D eigenvalue weighted by Crippen LogP contribution is -2.16. The number of nitrogens with zero attached hydrogens (tertiary/aromatic N) is 4. The molecule has 9 heteroatoms. The molecule has 7 nitrogen and oxygen atoms in total. The number of non-ortho nitro benzene ring substituents is 1. The standard InChI is InChI=1S/C15H13ClN4O3S/c1-19(8-12-6-7-13(16)24-12)9-14-17-18-15(23-14)10-2-4-11(5-3-10)20(21)22/h2-7H,8-9H2,1H3. The number of nitro groups is 1. The number of nitro benzene ring substituents is 1. The Morgan fingerprint density at radius 3 is 2.58 bits per heavy atom. The first-order chi connectivity index (χ1) is 11.5. The summed E-state index contributed by atoms with van der Waals surface area (Å²) in [6, 6.07) is 9.85. The van der Waals surface area contributed by atoms with E-state index >= 15 is 0 Å². The van der Waals surface area contributed by atoms with E-state index in [1.54, 1.807) is 12.1 Å². The topological polar surface area (TPSA) is 85.3 Å². The molecule has 2 heterocycles. The molecule has 0 radical (unpaired) electrons. The van der Waals surface area contributed by atoms with Crippen LogP contribution in [-0.2, 0) is 13.1 Å². The summed E-state index contributed by atoms with van der Waals surface area (Å²) in [6.07, 6.45) is 0. The quantitative estimate of drug-likeness (QED) is 0.485. The summed E-state index contributed by atoms with van der Waals surface area (Å²) in [4.78, 5) is 13.4. The van der Waals surface area contributed by atoms with Gasteiger partial charge in [-0.05, 0) is 31.3 Å². The lowest BCUT2D eigenvalue weighted by atomic mass is 10.2. The molecule has 124 valence electrons. The third-order valence-electron chi connectivity index (χ3n) is 3.25. The van der Waals surface area contributed by atoms with Crippen molar-refractivity contribution >= 4 is 28.6 Å². The van der Waals surface area contributed by atoms with E-state index in [1.807, 2.05) is 24.1 Å². The summed E-state index contributed by atoms with van der Waals surface area (Å²) in [5, 5.41) is 18.7. The first-order valence-corrected chi connectivity index (χ1v) is 8.20. The van der Waals surface area contributed by atoms with Crippen LogP contribution in [0.1, 0.15) is 10.8 Å². The van der Waals surface area contributed by atoms with Gasteiger partial charge in [-0.1, -0.05) is 11.6 Å². The van der Waals surface area contributed by atoms with Gasteiger partial charge in [-0.3, -0.25) is 15.0 Å². The van der Waals surface area contributed by atoms with Crippen molar-refractivity contribution in [1.82, 2.24) is 15.1 Å². The maximum absolute atomic E-state index is 10.7. The number of thiophene rings is 1. The fourth-order valence-corrected chi connectivity index (χ4v) is 3.32. The van der Waals surface area contributed by atoms with Crippen molar-refractivity contribution in [3.05, 3.63) is 61.6 Å². The van der Waals surface area contributed by atoms with Gasteiger partial charge in [0.2, 0.25) is 11.8 Å². The minimum absolute atomic E-state index is 0.0211. The molecule has 0 aliphatic carbocycles. The molecule has 0 saturated carbocycles. The second-order valence-electron chi connectivity index (χ2n) is 5.18. The number of hydrogen-bond donors (Lipinski definition) is 0. The molecule has 3 rings (SSSR count). The second kappa shape index (κ2) is 7.08. The van der Waals surface area contributed by atoms with Crippen LogP contribution in [0.3, 0.4) is 0 Å². The minimum Gasteiger partial charge on any atom is -0.419 e. The Balaban J connectivity index is 1.65. The van der Waals surface area contributed by atoms with Crippen molar-refractivity contribution in [3.63, 3.8) is 0 Å². The number of benzene rings is 1. The lowest BCUT2D eigenvalue weighted by molar-refractivity contribution is -0.384. The van der Waals surface area contributed by atoms with Gasteiger partial charge in [-0.2, -0.15) is 0 Å². The van der Waals surface area contributed by atoms with E-state index in [0.29, 0.717) is 23.9 Å². The Bertz CT molecular complexity index is 847. The van der Waals surface area contributed by atoms with Crippen LogP contribution in [-0.4, -0.2) is 27.1 Å². The van der Waals surface area contributed by atoms with Gasteiger partial charge in [-0.25, -0.2) is 0 Å². The predicted molar refractivity (Wildman–Crippen MR) is 90.9 cm³/mol. The Kier molecular flexibility index (Phi) is 4.89. The highest BCUT2D eigenvalue weighted by molar-refractivity contribution is 7.16. The van der Waals surface area contributed by atoms with Crippen LogP contribution in [0, 0.1) is 10.1 Å². The van der Waals surface area contributed by atoms with E-state index in [1.165, 1.54) is 23.5 Å². The zero-order chi connectivity index (χ0) is 17.1. The van der Waals surface area contributed by atoms with Crippen molar-refractivity contribution < 1.29 is 9.34 Å². The number of hydrogen-bond acceptors (Lipinski definition) is 7. The predicted octanol–water partition coefficient (Wildman–Crippen LogP) is 3.99. The fraction of sp³-hybridized carbons (Fsp3) is 0.200. The molecule has 0 aliphatic heterocycles. The molecular formula is C15H13ClN4O3S. The summed E-state index contributed by atoms with van der Waals surface area (Å²) in [7, 11) is 1.95. The summed E-state index contributed by atoms with van der Waals surface area (Å²) in [5.74, 6) is 0.820. The smallest absolute Gasteiger partial charge is 0.269 e. The highest BCUT2D eigenvalue weighted by atomic mass is 35.5. The normalized spacial score (nSPS) is 11.1. The monoisotopic (exact) mass is 364 g/mol. The molecule has 0 spiro atoms. The zero-order valence-electron chi connectivity index (χ0n) is 12.7. The summed E-state index contributed by atoms with van der Waals surface area (Å²) < 4.78 is 6.39. The molecule has 24 heavy (non-hydrogen) atoms. The molecule has 0 amide bonds. The fourth-order valence-electron chi connectivity index (χ4n) is 2.15. The average Bonchev–Trinajstić information content (AvgIpc) is 3.16. The van der Waals surface area contributed by atoms with Crippen LogP contribution in [0.15, 0.2) is 40.8 Å². The molecule has 0 fully saturated rings. The summed E-state index contributed by atoms with van der Waals surface area (Å²) in [5.41, 5.74) is 0.667. The molecule has 3 aromatic rings. The van der Waals surface area contributed by atoms with Crippen molar-refractivity contribution in [3.8, 4) is 11.5 Å². The van der Waals surface area contributed by atoms with E-state index < -0.39 is 4.92 Å². The molecule has 2 aromatic heterocycles. The Morgan fingerprint density at radius 2 is 1.96 bits per heavy atom. The molecule has 0 unspecified atom stereocenters. The van der Waals surface area contributed by atoms with Crippen LogP contribution in [0.2, 0.25) is 4.34 Å². The maximum Gasteiger partial charge on any atom is 0.269 e. The maximum atomic E-state index is 10.7. The van der Waals surface area contributed by atoms with Gasteiger partial charge < -0.3 is 4.42 Å². The largest absolute Gasteiger partial charge is 0.419 e. The number of rotatable bonds is 6. The average molecular weight is 365 g/mol. The number of halogens is 1. The molecule has 0 atom stereocenters. The molecule has 0 bridgehead atoms. The lowest BCUT2D eigenvalue weighted by Gasteiger charge is -2.12. The minimum atomic E-state index is -0.450. The van der Waals surface area contributed by atoms with Gasteiger partial charge in [0.1, 0.15) is 0 Å². The second-order valence-corrected chi connectivity index (χ2v) is 6.98. The van der Waals surface area contributed by atoms with E-state index in [9.17, 15) is 10.1 Å². The van der Waals surface area contributed by atoms with Gasteiger partial charge in [0.15, 0.2) is 0 Å². The zero-order valence-corrected chi connectivity index (χ0v) is 14.3. The third-order valence-corrected chi connectivity index (χ3v) is 4.47. The SMILES string of the molecule is CN(Cc1nnc(-c2ccc([N+](=O)[O-])cc2)o1)Cc1ccc(Cl)s1. The van der Waals surface area contributed by atoms with Gasteiger partial charge in [0, 0.05) is 29.1 Å². The van der Waals surface area contributed by atoms with E-state index in [0.717, 1.165) is 15.8 Å². The molecule has 0 aliphatic rings. The molecule has 1 aromatic carbocycles. The van der Waals surface area contributed by atoms with Gasteiger partial charge in [0.05, 0.1) is 15.8 Å². The molecule has 0 N–H and O–H groups in total. The van der Waals surface area contributed by atoms with Crippen molar-refractivity contribution in [1.29, 1.82) is 0 Å². The Morgan fingerprint density at radius 1 is 1.21 bits per heavy atom. The molecule has 0 saturated heterocycles. The third kappa shape index (κ3) is 3.97. The Labute approximate surface area is 146 Å². The van der Waals surface area contributed by atoms with Gasteiger partial charge >= 0.3 is 0 Å². The van der Waals surface area contributed by atoms with E-state index in [4.69, 9.17) is 16.0 Å². The van der Waals surface area contributed by atoms with E-state index in [2.05, 4.69) is 10.2 Å². The summed E-state index contributed by atoms with van der Waals surface area (Å²) in [6.45, 7) is 1.22. The van der Waals surface area contributed by atoms with Crippen LogP contribution >= 0.6 is 22.9 Å². The molecular weight excluding hydrogens is 352 g/mol. The van der Waals surface area contributed by atoms with E-state index in [-0.39, 0.29) is 5.69 Å². The van der Waals surface area contributed by atoms with Crippen LogP contribution in [0.4, 0.5) is 5.69 Å². The van der Waals surface area contributed by atoms with Crippen LogP contribution in [0.25, 0.3) is 11.5 Å². The summed E-state index contributed by atoms with van der Waals surface area (Å²) >= 11 is 7.46. The van der Waals surface area contributed by atoms with Crippen LogP contribution < -0.4 is 0 Å². The van der Waals surface area contributed by atoms with Crippen molar-refractivity contribution in [2.75, 3.05) is 7.05 Å². The van der Waals surface area contributed by atoms with Crippen molar-refractivity contribution in [2.24, 2.45) is 0 Å². The van der Waals surface area contributed by atoms with Crippen molar-refractivity contribution in [2.45, 2.75) is 13.1 Å². The first kappa shape index (κ1) is 16.6. The van der Waals surface area contributed by atoms with Gasteiger partial charge in [0.25, 0.3) is 5.69 Å². The first-order valence-electron chi connectivity index (χ1n) is 7.01. The highest BCUT2D eigenvalue weighted by Crippen LogP contribution is 2.24. The van der Waals surface area contributed by atoms with Crippen LogP contribution in [0.5, 0.6) is 0 Å². The number of aromatic nitrogens is 2. The Hall–Kier alpha value is -2.29.